The second kappa shape index (κ2) is 7.31. The van der Waals surface area contributed by atoms with Gasteiger partial charge in [0.25, 0.3) is 0 Å². The number of carbonyl (C=O) groups is 2. The number of benzene rings is 1. The molecule has 0 radical (unpaired) electrons. The number of halogens is 1. The van der Waals surface area contributed by atoms with Crippen molar-refractivity contribution in [3.8, 4) is 0 Å². The zero-order valence-corrected chi connectivity index (χ0v) is 12.2. The molecule has 98 valence electrons. The van der Waals surface area contributed by atoms with Gasteiger partial charge in [0, 0.05) is 22.9 Å². The molecule has 0 saturated carbocycles. The Kier molecular flexibility index (Phi) is 6.05. The lowest BCUT2D eigenvalue weighted by atomic mass is 10.0. The highest BCUT2D eigenvalue weighted by molar-refractivity contribution is 9.10. The number of hydrogen-bond donors (Lipinski definition) is 0. The maximum absolute atomic E-state index is 11.9. The van der Waals surface area contributed by atoms with Gasteiger partial charge in [-0.05, 0) is 38.0 Å². The third-order valence-corrected chi connectivity index (χ3v) is 3.46. The number of rotatable bonds is 6. The Bertz CT molecular complexity index is 441. The number of ketones is 1. The largest absolute Gasteiger partial charge is 0.466 e. The monoisotopic (exact) mass is 312 g/mol. The molecule has 1 rings (SSSR count). The number of carbonyl (C=O) groups excluding carboxylic acids is 2. The number of esters is 1. The first-order valence-electron chi connectivity index (χ1n) is 5.99. The van der Waals surface area contributed by atoms with Crippen molar-refractivity contribution in [1.82, 2.24) is 0 Å². The maximum atomic E-state index is 11.9. The lowest BCUT2D eigenvalue weighted by Crippen LogP contribution is -2.06. The van der Waals surface area contributed by atoms with Crippen molar-refractivity contribution in [2.24, 2.45) is 0 Å². The molecule has 0 bridgehead atoms. The van der Waals surface area contributed by atoms with Crippen molar-refractivity contribution in [1.29, 1.82) is 0 Å². The highest BCUT2D eigenvalue weighted by Crippen LogP contribution is 2.18. The minimum atomic E-state index is -0.239. The fraction of sp³-hybridized carbons (Fsp3) is 0.429. The third-order valence-electron chi connectivity index (χ3n) is 2.57. The van der Waals surface area contributed by atoms with E-state index in [9.17, 15) is 9.59 Å². The van der Waals surface area contributed by atoms with E-state index in [-0.39, 0.29) is 11.8 Å². The molecule has 0 heterocycles. The smallest absolute Gasteiger partial charge is 0.305 e. The molecule has 3 nitrogen and oxygen atoms in total. The summed E-state index contributed by atoms with van der Waals surface area (Å²) in [5.74, 6) is -0.174. The van der Waals surface area contributed by atoms with Crippen molar-refractivity contribution in [2.75, 3.05) is 6.61 Å². The summed E-state index contributed by atoms with van der Waals surface area (Å²) in [6, 6.07) is 5.52. The van der Waals surface area contributed by atoms with Crippen LogP contribution in [-0.2, 0) is 9.53 Å². The van der Waals surface area contributed by atoms with Crippen molar-refractivity contribution in [3.63, 3.8) is 0 Å². The van der Waals surface area contributed by atoms with E-state index in [1.165, 1.54) is 0 Å². The molecule has 0 spiro atoms. The van der Waals surface area contributed by atoms with E-state index in [4.69, 9.17) is 4.74 Å². The first-order valence-corrected chi connectivity index (χ1v) is 6.79. The zero-order chi connectivity index (χ0) is 13.5. The summed E-state index contributed by atoms with van der Waals surface area (Å²) in [7, 11) is 0. The van der Waals surface area contributed by atoms with Gasteiger partial charge in [-0.2, -0.15) is 0 Å². The van der Waals surface area contributed by atoms with E-state index in [0.29, 0.717) is 31.4 Å². The van der Waals surface area contributed by atoms with Crippen LogP contribution in [0.5, 0.6) is 0 Å². The van der Waals surface area contributed by atoms with E-state index >= 15 is 0 Å². The molecule has 0 aromatic heterocycles. The molecule has 18 heavy (non-hydrogen) atoms. The molecule has 0 aliphatic carbocycles. The van der Waals surface area contributed by atoms with Crippen LogP contribution in [0.1, 0.15) is 42.1 Å². The van der Waals surface area contributed by atoms with E-state index in [1.54, 1.807) is 13.0 Å². The Hall–Kier alpha value is -1.16. The Morgan fingerprint density at radius 2 is 2.00 bits per heavy atom. The quantitative estimate of drug-likeness (QED) is 0.594. The molecule has 0 saturated heterocycles. The van der Waals surface area contributed by atoms with Gasteiger partial charge in [0.2, 0.25) is 0 Å². The van der Waals surface area contributed by atoms with Crippen LogP contribution in [0.3, 0.4) is 0 Å². The first kappa shape index (κ1) is 14.9. The molecule has 0 fully saturated rings. The maximum Gasteiger partial charge on any atom is 0.305 e. The van der Waals surface area contributed by atoms with Gasteiger partial charge >= 0.3 is 5.97 Å². The summed E-state index contributed by atoms with van der Waals surface area (Å²) >= 11 is 3.39. The van der Waals surface area contributed by atoms with Gasteiger partial charge in [-0.1, -0.05) is 22.0 Å². The lowest BCUT2D eigenvalue weighted by molar-refractivity contribution is -0.143. The van der Waals surface area contributed by atoms with E-state index < -0.39 is 0 Å². The van der Waals surface area contributed by atoms with Crippen LogP contribution >= 0.6 is 15.9 Å². The molecule has 1 aromatic carbocycles. The highest BCUT2D eigenvalue weighted by atomic mass is 79.9. The van der Waals surface area contributed by atoms with Crippen molar-refractivity contribution < 1.29 is 14.3 Å². The summed E-state index contributed by atoms with van der Waals surface area (Å²) in [4.78, 5) is 23.0. The van der Waals surface area contributed by atoms with Gasteiger partial charge in [-0.15, -0.1) is 0 Å². The van der Waals surface area contributed by atoms with Gasteiger partial charge in [-0.3, -0.25) is 9.59 Å². The Labute approximate surface area is 116 Å². The Morgan fingerprint density at radius 3 is 2.61 bits per heavy atom. The number of Topliss-reactive ketones (excluding diaryl/α,β-unsaturated/α-hetero) is 1. The fourth-order valence-electron chi connectivity index (χ4n) is 1.59. The Balaban J connectivity index is 2.45. The molecular formula is C14H17BrO3. The standard InChI is InChI=1S/C14H17BrO3/c1-3-18-14(17)6-4-5-13(16)11-7-8-12(15)10(2)9-11/h7-9H,3-6H2,1-2H3. The molecule has 0 amide bonds. The molecule has 0 N–H and O–H groups in total. The van der Waals surface area contributed by atoms with Gasteiger partial charge < -0.3 is 4.74 Å². The first-order chi connectivity index (χ1) is 8.54. The minimum absolute atomic E-state index is 0.0647. The van der Waals surface area contributed by atoms with Gasteiger partial charge in [0.05, 0.1) is 6.61 Å². The fourth-order valence-corrected chi connectivity index (χ4v) is 1.84. The van der Waals surface area contributed by atoms with Crippen molar-refractivity contribution >= 4 is 27.7 Å². The highest BCUT2D eigenvalue weighted by Gasteiger charge is 2.09. The van der Waals surface area contributed by atoms with Gasteiger partial charge in [0.15, 0.2) is 5.78 Å². The second-order valence-corrected chi connectivity index (χ2v) is 4.90. The molecule has 0 aliphatic heterocycles. The van der Waals surface area contributed by atoms with Crippen LogP contribution in [0.15, 0.2) is 22.7 Å². The van der Waals surface area contributed by atoms with E-state index in [2.05, 4.69) is 15.9 Å². The van der Waals surface area contributed by atoms with Crippen LogP contribution in [-0.4, -0.2) is 18.4 Å². The predicted molar refractivity (Wildman–Crippen MR) is 73.7 cm³/mol. The molecular weight excluding hydrogens is 296 g/mol. The van der Waals surface area contributed by atoms with Crippen LogP contribution in [0.25, 0.3) is 0 Å². The van der Waals surface area contributed by atoms with Crippen LogP contribution < -0.4 is 0 Å². The number of aryl methyl sites for hydroxylation is 1. The van der Waals surface area contributed by atoms with Crippen molar-refractivity contribution in [2.45, 2.75) is 33.1 Å². The summed E-state index contributed by atoms with van der Waals surface area (Å²) in [5.41, 5.74) is 1.73. The topological polar surface area (TPSA) is 43.4 Å². The summed E-state index contributed by atoms with van der Waals surface area (Å²) < 4.78 is 5.80. The number of hydrogen-bond acceptors (Lipinski definition) is 3. The van der Waals surface area contributed by atoms with E-state index in [0.717, 1.165) is 10.0 Å². The lowest BCUT2D eigenvalue weighted by Gasteiger charge is -2.04. The second-order valence-electron chi connectivity index (χ2n) is 4.05. The molecule has 1 aromatic rings. The molecule has 4 heteroatoms. The zero-order valence-electron chi connectivity index (χ0n) is 10.7. The SMILES string of the molecule is CCOC(=O)CCCC(=O)c1ccc(Br)c(C)c1. The van der Waals surface area contributed by atoms with Gasteiger partial charge in [0.1, 0.15) is 0 Å². The molecule has 0 unspecified atom stereocenters. The molecule has 0 atom stereocenters. The minimum Gasteiger partial charge on any atom is -0.466 e. The number of ether oxygens (including phenoxy) is 1. The van der Waals surface area contributed by atoms with Crippen LogP contribution in [0.2, 0.25) is 0 Å². The third kappa shape index (κ3) is 4.61. The molecule has 0 aliphatic rings. The Morgan fingerprint density at radius 1 is 1.28 bits per heavy atom. The van der Waals surface area contributed by atoms with Crippen molar-refractivity contribution in [3.05, 3.63) is 33.8 Å². The van der Waals surface area contributed by atoms with Gasteiger partial charge in [-0.25, -0.2) is 0 Å². The average Bonchev–Trinajstić information content (AvgIpc) is 2.33. The van der Waals surface area contributed by atoms with Crippen LogP contribution in [0.4, 0.5) is 0 Å². The summed E-state index contributed by atoms with van der Waals surface area (Å²) in [6.45, 7) is 4.10. The summed E-state index contributed by atoms with van der Waals surface area (Å²) in [6.07, 6.45) is 1.21. The van der Waals surface area contributed by atoms with Crippen LogP contribution in [0, 0.1) is 6.92 Å². The normalized spacial score (nSPS) is 10.2. The predicted octanol–water partition coefficient (Wildman–Crippen LogP) is 3.67. The van der Waals surface area contributed by atoms with E-state index in [1.807, 2.05) is 19.1 Å². The summed E-state index contributed by atoms with van der Waals surface area (Å²) in [5, 5.41) is 0. The average molecular weight is 313 g/mol.